The number of benzene rings is 1. The van der Waals surface area contributed by atoms with Crippen molar-refractivity contribution >= 4 is 22.4 Å². The lowest BCUT2D eigenvalue weighted by molar-refractivity contribution is 0.292. The van der Waals surface area contributed by atoms with Crippen LogP contribution in [0, 0.1) is 0 Å². The maximum absolute atomic E-state index is 12.7. The van der Waals surface area contributed by atoms with Gasteiger partial charge < -0.3 is 14.8 Å². The summed E-state index contributed by atoms with van der Waals surface area (Å²) in [6.45, 7) is 1.04. The van der Waals surface area contributed by atoms with Gasteiger partial charge in [0, 0.05) is 25.2 Å². The molecule has 1 unspecified atom stereocenters. The van der Waals surface area contributed by atoms with Crippen LogP contribution < -0.4 is 14.8 Å². The first-order valence-electron chi connectivity index (χ1n) is 6.92. The van der Waals surface area contributed by atoms with Gasteiger partial charge in [-0.05, 0) is 32.0 Å². The van der Waals surface area contributed by atoms with E-state index >= 15 is 0 Å². The van der Waals surface area contributed by atoms with Gasteiger partial charge in [-0.2, -0.15) is 4.31 Å². The molecule has 1 aromatic carbocycles. The first kappa shape index (κ1) is 19.0. The lowest BCUT2D eigenvalue weighted by Crippen LogP contribution is -2.46. The van der Waals surface area contributed by atoms with Crippen LogP contribution in [-0.2, 0) is 10.0 Å². The number of nitrogens with zero attached hydrogens (tertiary/aromatic N) is 1. The minimum absolute atomic E-state index is 0. The molecule has 22 heavy (non-hydrogen) atoms. The number of sulfonamides is 1. The van der Waals surface area contributed by atoms with Gasteiger partial charge in [0.2, 0.25) is 10.0 Å². The Morgan fingerprint density at radius 3 is 2.50 bits per heavy atom. The first-order valence-corrected chi connectivity index (χ1v) is 8.36. The van der Waals surface area contributed by atoms with Crippen molar-refractivity contribution in [1.82, 2.24) is 9.62 Å². The summed E-state index contributed by atoms with van der Waals surface area (Å²) in [5.41, 5.74) is 0. The number of methoxy groups -OCH3 is 2. The monoisotopic (exact) mass is 350 g/mol. The molecule has 0 aliphatic carbocycles. The summed E-state index contributed by atoms with van der Waals surface area (Å²) in [5, 5.41) is 3.15. The lowest BCUT2D eigenvalue weighted by Gasteiger charge is -2.31. The van der Waals surface area contributed by atoms with Crippen molar-refractivity contribution in [2.45, 2.75) is 23.8 Å². The predicted octanol–water partition coefficient (Wildman–Crippen LogP) is 1.50. The average molecular weight is 351 g/mol. The second-order valence-corrected chi connectivity index (χ2v) is 6.95. The Morgan fingerprint density at radius 1 is 1.23 bits per heavy atom. The smallest absolute Gasteiger partial charge is 0.243 e. The highest BCUT2D eigenvalue weighted by atomic mass is 35.5. The van der Waals surface area contributed by atoms with Crippen LogP contribution in [0.3, 0.4) is 0 Å². The fourth-order valence-corrected chi connectivity index (χ4v) is 4.06. The van der Waals surface area contributed by atoms with Gasteiger partial charge in [-0.3, -0.25) is 0 Å². The highest BCUT2D eigenvalue weighted by Crippen LogP contribution is 2.31. The molecule has 0 aromatic heterocycles. The number of rotatable bonds is 5. The summed E-state index contributed by atoms with van der Waals surface area (Å²) in [7, 11) is 1.37. The van der Waals surface area contributed by atoms with E-state index in [1.54, 1.807) is 12.1 Å². The molecule has 1 atom stereocenters. The standard InChI is InChI=1S/C14H22N2O4S.ClH/c1-15-11-5-4-8-16(10-11)21(17,18)12-6-7-13(19-2)14(9-12)20-3;/h6-7,9,11,15H,4-5,8,10H2,1-3H3;1H. The van der Waals surface area contributed by atoms with E-state index in [4.69, 9.17) is 9.47 Å². The molecule has 0 radical (unpaired) electrons. The number of nitrogens with one attached hydrogen (secondary N) is 1. The first-order chi connectivity index (χ1) is 10.0. The van der Waals surface area contributed by atoms with E-state index in [1.165, 1.54) is 24.6 Å². The number of piperidine rings is 1. The van der Waals surface area contributed by atoms with Gasteiger partial charge in [-0.1, -0.05) is 0 Å². The molecule has 1 aliphatic rings. The molecular weight excluding hydrogens is 328 g/mol. The van der Waals surface area contributed by atoms with Crippen molar-refractivity contribution in [3.63, 3.8) is 0 Å². The number of ether oxygens (including phenoxy) is 2. The summed E-state index contributed by atoms with van der Waals surface area (Å²) in [5.74, 6) is 0.934. The SMILES string of the molecule is CNC1CCCN(S(=O)(=O)c2ccc(OC)c(OC)c2)C1.Cl. The van der Waals surface area contributed by atoms with Crippen LogP contribution >= 0.6 is 12.4 Å². The van der Waals surface area contributed by atoms with Gasteiger partial charge in [0.25, 0.3) is 0 Å². The molecule has 0 bridgehead atoms. The van der Waals surface area contributed by atoms with Gasteiger partial charge >= 0.3 is 0 Å². The topological polar surface area (TPSA) is 67.9 Å². The zero-order valence-electron chi connectivity index (χ0n) is 13.0. The second kappa shape index (κ2) is 8.01. The highest BCUT2D eigenvalue weighted by molar-refractivity contribution is 7.89. The third-order valence-corrected chi connectivity index (χ3v) is 5.65. The molecule has 1 saturated heterocycles. The maximum atomic E-state index is 12.7. The van der Waals surface area contributed by atoms with E-state index in [0.29, 0.717) is 24.6 Å². The summed E-state index contributed by atoms with van der Waals surface area (Å²) >= 11 is 0. The third kappa shape index (κ3) is 3.84. The van der Waals surface area contributed by atoms with E-state index in [-0.39, 0.29) is 23.3 Å². The number of halogens is 1. The molecule has 0 saturated carbocycles. The third-order valence-electron chi connectivity index (χ3n) is 3.79. The average Bonchev–Trinajstić information content (AvgIpc) is 2.54. The maximum Gasteiger partial charge on any atom is 0.243 e. The fraction of sp³-hybridized carbons (Fsp3) is 0.571. The molecule has 1 aromatic rings. The van der Waals surface area contributed by atoms with Gasteiger partial charge in [0.1, 0.15) is 0 Å². The normalized spacial score (nSPS) is 19.3. The Labute approximate surface area is 138 Å². The van der Waals surface area contributed by atoms with Crippen molar-refractivity contribution in [3.05, 3.63) is 18.2 Å². The molecule has 8 heteroatoms. The number of likely N-dealkylation sites (N-methyl/N-ethyl adjacent to an activating group) is 1. The quantitative estimate of drug-likeness (QED) is 0.871. The molecule has 1 aliphatic heterocycles. The largest absolute Gasteiger partial charge is 0.493 e. The van der Waals surface area contributed by atoms with Crippen molar-refractivity contribution in [3.8, 4) is 11.5 Å². The van der Waals surface area contributed by atoms with Gasteiger partial charge in [0.15, 0.2) is 11.5 Å². The van der Waals surface area contributed by atoms with Crippen molar-refractivity contribution in [2.24, 2.45) is 0 Å². The molecule has 6 nitrogen and oxygen atoms in total. The molecule has 126 valence electrons. The van der Waals surface area contributed by atoms with Crippen LogP contribution in [0.2, 0.25) is 0 Å². The molecule has 1 fully saturated rings. The number of hydrogen-bond donors (Lipinski definition) is 1. The molecule has 0 spiro atoms. The fourth-order valence-electron chi connectivity index (χ4n) is 2.52. The minimum atomic E-state index is -3.50. The van der Waals surface area contributed by atoms with Crippen LogP contribution in [-0.4, -0.2) is 53.1 Å². The van der Waals surface area contributed by atoms with E-state index < -0.39 is 10.0 Å². The zero-order chi connectivity index (χ0) is 15.5. The molecule has 2 rings (SSSR count). The molecule has 0 amide bonds. The number of hydrogen-bond acceptors (Lipinski definition) is 5. The second-order valence-electron chi connectivity index (χ2n) is 5.01. The Bertz CT molecular complexity index is 595. The molecule has 1 heterocycles. The summed E-state index contributed by atoms with van der Waals surface area (Å²) in [6.07, 6.45) is 1.85. The lowest BCUT2D eigenvalue weighted by atomic mass is 10.1. The van der Waals surface area contributed by atoms with Crippen LogP contribution in [0.5, 0.6) is 11.5 Å². The van der Waals surface area contributed by atoms with Gasteiger partial charge in [-0.15, -0.1) is 12.4 Å². The van der Waals surface area contributed by atoms with Gasteiger partial charge in [0.05, 0.1) is 19.1 Å². The van der Waals surface area contributed by atoms with Crippen LogP contribution in [0.1, 0.15) is 12.8 Å². The Kier molecular flexibility index (Phi) is 6.93. The Hall–Kier alpha value is -1.02. The van der Waals surface area contributed by atoms with Crippen molar-refractivity contribution in [2.75, 3.05) is 34.4 Å². The van der Waals surface area contributed by atoms with E-state index in [9.17, 15) is 8.42 Å². The van der Waals surface area contributed by atoms with Crippen LogP contribution in [0.4, 0.5) is 0 Å². The van der Waals surface area contributed by atoms with E-state index in [2.05, 4.69) is 5.32 Å². The van der Waals surface area contributed by atoms with Crippen molar-refractivity contribution in [1.29, 1.82) is 0 Å². The van der Waals surface area contributed by atoms with Crippen LogP contribution in [0.25, 0.3) is 0 Å². The van der Waals surface area contributed by atoms with Crippen molar-refractivity contribution < 1.29 is 17.9 Å². The Morgan fingerprint density at radius 2 is 1.91 bits per heavy atom. The van der Waals surface area contributed by atoms with Crippen LogP contribution in [0.15, 0.2) is 23.1 Å². The summed E-state index contributed by atoms with van der Waals surface area (Å²) in [6, 6.07) is 4.89. The molecular formula is C14H23ClN2O4S. The minimum Gasteiger partial charge on any atom is -0.493 e. The Balaban J connectivity index is 0.00000242. The summed E-state index contributed by atoms with van der Waals surface area (Å²) in [4.78, 5) is 0.233. The van der Waals surface area contributed by atoms with Gasteiger partial charge in [-0.25, -0.2) is 8.42 Å². The summed E-state index contributed by atoms with van der Waals surface area (Å²) < 4.78 is 37.3. The predicted molar refractivity (Wildman–Crippen MR) is 87.6 cm³/mol. The molecule has 1 N–H and O–H groups in total. The zero-order valence-corrected chi connectivity index (χ0v) is 14.7. The highest BCUT2D eigenvalue weighted by Gasteiger charge is 2.30. The van der Waals surface area contributed by atoms with E-state index in [1.807, 2.05) is 7.05 Å². The van der Waals surface area contributed by atoms with E-state index in [0.717, 1.165) is 12.8 Å².